The van der Waals surface area contributed by atoms with E-state index >= 15 is 0 Å². The SMILES string of the molecule is CCOC(C)(C)C(O)Cc1cc(C)nn1CC. The molecule has 0 aliphatic heterocycles. The summed E-state index contributed by atoms with van der Waals surface area (Å²) in [5.41, 5.74) is 1.53. The molecule has 0 saturated carbocycles. The van der Waals surface area contributed by atoms with Gasteiger partial charge in [-0.25, -0.2) is 0 Å². The van der Waals surface area contributed by atoms with Crippen LogP contribution < -0.4 is 0 Å². The van der Waals surface area contributed by atoms with Crippen molar-refractivity contribution < 1.29 is 9.84 Å². The summed E-state index contributed by atoms with van der Waals surface area (Å²) < 4.78 is 7.50. The molecule has 1 N–H and O–H groups in total. The van der Waals surface area contributed by atoms with Crippen LogP contribution in [0.3, 0.4) is 0 Å². The van der Waals surface area contributed by atoms with Crippen molar-refractivity contribution in [2.75, 3.05) is 6.61 Å². The molecule has 17 heavy (non-hydrogen) atoms. The fraction of sp³-hybridized carbons (Fsp3) is 0.769. The number of aryl methyl sites for hydroxylation is 2. The number of ether oxygens (including phenoxy) is 1. The summed E-state index contributed by atoms with van der Waals surface area (Å²) >= 11 is 0. The molecule has 4 nitrogen and oxygen atoms in total. The summed E-state index contributed by atoms with van der Waals surface area (Å²) in [6.45, 7) is 11.2. The molecule has 4 heteroatoms. The number of nitrogens with zero attached hydrogens (tertiary/aromatic N) is 2. The third-order valence-corrected chi connectivity index (χ3v) is 3.01. The fourth-order valence-electron chi connectivity index (χ4n) is 1.95. The Labute approximate surface area is 104 Å². The summed E-state index contributed by atoms with van der Waals surface area (Å²) in [7, 11) is 0. The van der Waals surface area contributed by atoms with Crippen LogP contribution in [0.1, 0.15) is 39.1 Å². The van der Waals surface area contributed by atoms with Gasteiger partial charge in [0, 0.05) is 25.3 Å². The van der Waals surface area contributed by atoms with Gasteiger partial charge in [-0.3, -0.25) is 4.68 Å². The highest BCUT2D eigenvalue weighted by atomic mass is 16.5. The first-order valence-corrected chi connectivity index (χ1v) is 6.26. The zero-order valence-corrected chi connectivity index (χ0v) is 11.5. The Balaban J connectivity index is 2.76. The first-order valence-electron chi connectivity index (χ1n) is 6.26. The Hall–Kier alpha value is -0.870. The Morgan fingerprint density at radius 3 is 2.65 bits per heavy atom. The number of aliphatic hydroxyl groups is 1. The van der Waals surface area contributed by atoms with Crippen LogP contribution in [0, 0.1) is 6.92 Å². The van der Waals surface area contributed by atoms with E-state index in [1.54, 1.807) is 0 Å². The van der Waals surface area contributed by atoms with E-state index in [0.717, 1.165) is 17.9 Å². The Bertz CT molecular complexity index is 358. The van der Waals surface area contributed by atoms with Gasteiger partial charge in [-0.2, -0.15) is 5.10 Å². The maximum absolute atomic E-state index is 10.2. The Morgan fingerprint density at radius 2 is 2.12 bits per heavy atom. The zero-order chi connectivity index (χ0) is 13.1. The highest BCUT2D eigenvalue weighted by molar-refractivity contribution is 5.11. The normalized spacial score (nSPS) is 14.0. The van der Waals surface area contributed by atoms with E-state index < -0.39 is 11.7 Å². The van der Waals surface area contributed by atoms with Crippen LogP contribution in [0.15, 0.2) is 6.07 Å². The van der Waals surface area contributed by atoms with Gasteiger partial charge in [0.2, 0.25) is 0 Å². The third-order valence-electron chi connectivity index (χ3n) is 3.01. The zero-order valence-electron chi connectivity index (χ0n) is 11.5. The first kappa shape index (κ1) is 14.2. The van der Waals surface area contributed by atoms with Crippen molar-refractivity contribution in [3.63, 3.8) is 0 Å². The molecule has 0 aliphatic rings. The minimum atomic E-state index is -0.524. The topological polar surface area (TPSA) is 47.3 Å². The molecule has 0 fully saturated rings. The molecular formula is C13H24N2O2. The van der Waals surface area contributed by atoms with Crippen LogP contribution in [0.2, 0.25) is 0 Å². The molecule has 1 heterocycles. The van der Waals surface area contributed by atoms with Crippen LogP contribution in [-0.2, 0) is 17.7 Å². The molecule has 0 spiro atoms. The number of aromatic nitrogens is 2. The number of aliphatic hydroxyl groups excluding tert-OH is 1. The number of hydrogen-bond donors (Lipinski definition) is 1. The van der Waals surface area contributed by atoms with E-state index in [2.05, 4.69) is 12.0 Å². The van der Waals surface area contributed by atoms with Crippen LogP contribution in [0.4, 0.5) is 0 Å². The molecule has 1 aromatic heterocycles. The first-order chi connectivity index (χ1) is 7.90. The average molecular weight is 240 g/mol. The standard InChI is InChI=1S/C13H24N2O2/c1-6-15-11(8-10(3)14-15)9-12(16)13(4,5)17-7-2/h8,12,16H,6-7,9H2,1-5H3. The summed E-state index contributed by atoms with van der Waals surface area (Å²) in [4.78, 5) is 0. The predicted molar refractivity (Wildman–Crippen MR) is 68.1 cm³/mol. The van der Waals surface area contributed by atoms with Crippen LogP contribution >= 0.6 is 0 Å². The fourth-order valence-corrected chi connectivity index (χ4v) is 1.95. The number of hydrogen-bond acceptors (Lipinski definition) is 3. The summed E-state index contributed by atoms with van der Waals surface area (Å²) in [5, 5.41) is 14.6. The molecule has 1 atom stereocenters. The highest BCUT2D eigenvalue weighted by Gasteiger charge is 2.29. The second-order valence-electron chi connectivity index (χ2n) is 4.85. The van der Waals surface area contributed by atoms with Gasteiger partial charge in [0.1, 0.15) is 0 Å². The van der Waals surface area contributed by atoms with E-state index in [4.69, 9.17) is 4.74 Å². The second kappa shape index (κ2) is 5.65. The quantitative estimate of drug-likeness (QED) is 0.826. The van der Waals surface area contributed by atoms with E-state index in [0.29, 0.717) is 13.0 Å². The molecular weight excluding hydrogens is 216 g/mol. The predicted octanol–water partition coefficient (Wildman–Crippen LogP) is 1.93. The third kappa shape index (κ3) is 3.54. The van der Waals surface area contributed by atoms with Gasteiger partial charge in [0.15, 0.2) is 0 Å². The molecule has 0 saturated heterocycles. The van der Waals surface area contributed by atoms with E-state index in [1.165, 1.54) is 0 Å². The van der Waals surface area contributed by atoms with Gasteiger partial charge >= 0.3 is 0 Å². The van der Waals surface area contributed by atoms with Crippen molar-refractivity contribution in [1.82, 2.24) is 9.78 Å². The summed E-state index contributed by atoms with van der Waals surface area (Å²) in [6.07, 6.45) is 0.0469. The van der Waals surface area contributed by atoms with Gasteiger partial charge in [-0.15, -0.1) is 0 Å². The molecule has 1 aromatic rings. The number of rotatable bonds is 6. The van der Waals surface area contributed by atoms with Gasteiger partial charge in [-0.1, -0.05) is 0 Å². The van der Waals surface area contributed by atoms with Crippen molar-refractivity contribution >= 4 is 0 Å². The molecule has 1 unspecified atom stereocenters. The monoisotopic (exact) mass is 240 g/mol. The lowest BCUT2D eigenvalue weighted by atomic mass is 9.97. The van der Waals surface area contributed by atoms with E-state index in [-0.39, 0.29) is 0 Å². The highest BCUT2D eigenvalue weighted by Crippen LogP contribution is 2.19. The summed E-state index contributed by atoms with van der Waals surface area (Å²) in [5.74, 6) is 0. The maximum Gasteiger partial charge on any atom is 0.0887 e. The lowest BCUT2D eigenvalue weighted by Gasteiger charge is -2.30. The van der Waals surface area contributed by atoms with Crippen molar-refractivity contribution in [2.45, 2.75) is 59.3 Å². The summed E-state index contributed by atoms with van der Waals surface area (Å²) in [6, 6.07) is 2.02. The minimum Gasteiger partial charge on any atom is -0.390 e. The minimum absolute atomic E-state index is 0.522. The van der Waals surface area contributed by atoms with Crippen LogP contribution in [0.25, 0.3) is 0 Å². The Kier molecular flexibility index (Phi) is 4.71. The van der Waals surface area contributed by atoms with E-state index in [9.17, 15) is 5.11 Å². The lowest BCUT2D eigenvalue weighted by molar-refractivity contribution is -0.0960. The maximum atomic E-state index is 10.2. The van der Waals surface area contributed by atoms with Crippen LogP contribution in [-0.4, -0.2) is 33.2 Å². The molecule has 0 bridgehead atoms. The lowest BCUT2D eigenvalue weighted by Crippen LogP contribution is -2.40. The second-order valence-corrected chi connectivity index (χ2v) is 4.85. The Morgan fingerprint density at radius 1 is 1.47 bits per heavy atom. The van der Waals surface area contributed by atoms with Crippen molar-refractivity contribution in [2.24, 2.45) is 0 Å². The largest absolute Gasteiger partial charge is 0.390 e. The molecule has 0 aromatic carbocycles. The van der Waals surface area contributed by atoms with E-state index in [1.807, 2.05) is 38.4 Å². The molecule has 98 valence electrons. The van der Waals surface area contributed by atoms with Gasteiger partial charge in [0.25, 0.3) is 0 Å². The van der Waals surface area contributed by atoms with Gasteiger partial charge < -0.3 is 9.84 Å². The molecule has 0 radical (unpaired) electrons. The molecule has 1 rings (SSSR count). The van der Waals surface area contributed by atoms with Crippen LogP contribution in [0.5, 0.6) is 0 Å². The van der Waals surface area contributed by atoms with Crippen molar-refractivity contribution in [3.05, 3.63) is 17.5 Å². The van der Waals surface area contributed by atoms with Gasteiger partial charge in [0.05, 0.1) is 17.4 Å². The smallest absolute Gasteiger partial charge is 0.0887 e. The van der Waals surface area contributed by atoms with Gasteiger partial charge in [-0.05, 0) is 40.7 Å². The molecule has 0 amide bonds. The average Bonchev–Trinajstić information content (AvgIpc) is 2.58. The van der Waals surface area contributed by atoms with Crippen molar-refractivity contribution in [3.8, 4) is 0 Å². The van der Waals surface area contributed by atoms with Crippen molar-refractivity contribution in [1.29, 1.82) is 0 Å². The molecule has 0 aliphatic carbocycles.